The van der Waals surface area contributed by atoms with Gasteiger partial charge in [0, 0.05) is 0 Å². The first-order chi connectivity index (χ1) is 14.7. The molecule has 0 atom stereocenters. The summed E-state index contributed by atoms with van der Waals surface area (Å²) in [4.78, 5) is 0.200. The normalized spacial score (nSPS) is 14.0. The summed E-state index contributed by atoms with van der Waals surface area (Å²) in [6.45, 7) is 9.00. The Balaban J connectivity index is 0.000000768. The molecule has 2 aliphatic carbocycles. The fourth-order valence-electron chi connectivity index (χ4n) is 3.20. The van der Waals surface area contributed by atoms with Crippen LogP contribution < -0.4 is 0 Å². The van der Waals surface area contributed by atoms with Crippen LogP contribution in [0.25, 0.3) is 5.57 Å². The predicted octanol–water partition coefficient (Wildman–Crippen LogP) is 5.15. The number of rotatable bonds is 3. The van der Waals surface area contributed by atoms with E-state index in [4.69, 9.17) is 9.30 Å². The minimum absolute atomic E-state index is 0. The molecule has 7 heteroatoms. The Bertz CT molecular complexity index is 963. The van der Waals surface area contributed by atoms with Gasteiger partial charge in [0.1, 0.15) is 0 Å². The van der Waals surface area contributed by atoms with Crippen molar-refractivity contribution in [3.8, 4) is 0 Å². The number of benzene rings is 2. The second kappa shape index (κ2) is 16.5. The van der Waals surface area contributed by atoms with Crippen molar-refractivity contribution in [1.29, 1.82) is 0 Å². The van der Waals surface area contributed by atoms with Gasteiger partial charge in [-0.15, -0.1) is 11.6 Å². The molecule has 162 valence electrons. The van der Waals surface area contributed by atoms with Crippen molar-refractivity contribution in [2.45, 2.75) is 49.8 Å². The van der Waals surface area contributed by atoms with Crippen LogP contribution in [0.4, 0.5) is 0 Å². The molecule has 0 bridgehead atoms. The summed E-state index contributed by atoms with van der Waals surface area (Å²) < 4.78 is 43.1. The molecule has 0 N–H and O–H groups in total. The summed E-state index contributed by atoms with van der Waals surface area (Å²) in [6.07, 6.45) is 13.8. The molecule has 1 fully saturated rings. The molecule has 0 saturated heterocycles. The van der Waals surface area contributed by atoms with Gasteiger partial charge in [-0.05, 0) is 18.6 Å². The molecule has 31 heavy (non-hydrogen) atoms. The van der Waals surface area contributed by atoms with Gasteiger partial charge >= 0.3 is 39.7 Å². The SMILES string of the molecule is C1CCCC1.O=S(=O)(/N=C/C1=[C-]CCc2ccccc21)c1ccccc1.[C-]#[O+].[C-]#[O+].[Fe+2]. The van der Waals surface area contributed by atoms with E-state index in [1.807, 2.05) is 18.2 Å². The zero-order chi connectivity index (χ0) is 22.2. The van der Waals surface area contributed by atoms with Crippen LogP contribution in [0.15, 0.2) is 63.9 Å². The van der Waals surface area contributed by atoms with E-state index in [2.05, 4.69) is 29.8 Å². The fourth-order valence-corrected chi connectivity index (χ4v) is 4.07. The van der Waals surface area contributed by atoms with E-state index in [-0.39, 0.29) is 22.0 Å². The number of hydrogen-bond acceptors (Lipinski definition) is 2. The van der Waals surface area contributed by atoms with E-state index < -0.39 is 10.0 Å². The molecular formula is C24H24FeNO4S+. The fraction of sp³-hybridized carbons (Fsp3) is 0.292. The largest absolute Gasteiger partial charge is 2.00 e. The van der Waals surface area contributed by atoms with Crippen molar-refractivity contribution in [2.24, 2.45) is 4.40 Å². The predicted molar refractivity (Wildman–Crippen MR) is 114 cm³/mol. The van der Waals surface area contributed by atoms with Crippen LogP contribution in [0.2, 0.25) is 0 Å². The Morgan fingerprint density at radius 2 is 1.35 bits per heavy atom. The third kappa shape index (κ3) is 9.65. The van der Waals surface area contributed by atoms with Crippen molar-refractivity contribution in [3.63, 3.8) is 0 Å². The molecule has 4 rings (SSSR count). The van der Waals surface area contributed by atoms with Crippen molar-refractivity contribution in [3.05, 3.63) is 85.1 Å². The zero-order valence-corrected chi connectivity index (χ0v) is 19.0. The number of aryl methyl sites for hydroxylation is 1. The van der Waals surface area contributed by atoms with Crippen molar-refractivity contribution in [2.75, 3.05) is 0 Å². The topological polar surface area (TPSA) is 86.3 Å². The monoisotopic (exact) mass is 478 g/mol. The maximum atomic E-state index is 12.1. The molecular weight excluding hydrogens is 454 g/mol. The number of allylic oxidation sites excluding steroid dienone is 2. The standard InChI is InChI=1S/C17H14NO2S.C5H10.2CO.Fe/c19-21(20,16-10-2-1-3-11-16)18-13-15-9-6-8-14-7-4-5-12-17(14)15;1-2-4-5-3-1;2*1-2;/h1-5,7,10-13H,6,8H2;1-5H2;;;/q-1;;;;+2/b18-13+;;;;. The summed E-state index contributed by atoms with van der Waals surface area (Å²) >= 11 is 0. The Hall–Kier alpha value is -2.20. The quantitative estimate of drug-likeness (QED) is 0.264. The average molecular weight is 478 g/mol. The molecule has 0 aliphatic heterocycles. The van der Waals surface area contributed by atoms with Crippen LogP contribution in [-0.2, 0) is 42.8 Å². The minimum Gasteiger partial charge on any atom is 2.00 e. The van der Waals surface area contributed by atoms with E-state index in [0.29, 0.717) is 0 Å². The second-order valence-corrected chi connectivity index (χ2v) is 8.17. The Labute approximate surface area is 195 Å². The molecule has 1 saturated carbocycles. The van der Waals surface area contributed by atoms with E-state index >= 15 is 0 Å². The average Bonchev–Trinajstić information content (AvgIpc) is 3.41. The van der Waals surface area contributed by atoms with Gasteiger partial charge in [0.05, 0.1) is 4.90 Å². The zero-order valence-electron chi connectivity index (χ0n) is 17.1. The van der Waals surface area contributed by atoms with Gasteiger partial charge in [0.2, 0.25) is 0 Å². The van der Waals surface area contributed by atoms with Crippen molar-refractivity contribution >= 4 is 21.8 Å². The van der Waals surface area contributed by atoms with Gasteiger partial charge in [-0.1, -0.05) is 86.7 Å². The van der Waals surface area contributed by atoms with E-state index in [0.717, 1.165) is 24.0 Å². The smallest absolute Gasteiger partial charge is 2.00 e. The van der Waals surface area contributed by atoms with Gasteiger partial charge < -0.3 is 0 Å². The van der Waals surface area contributed by atoms with Crippen LogP contribution in [0, 0.1) is 19.4 Å². The van der Waals surface area contributed by atoms with Crippen LogP contribution in [0.1, 0.15) is 49.7 Å². The Kier molecular flexibility index (Phi) is 15.3. The molecule has 0 aromatic heterocycles. The summed E-state index contributed by atoms with van der Waals surface area (Å²) in [5, 5.41) is 0. The van der Waals surface area contributed by atoms with Gasteiger partial charge in [0.15, 0.2) is 0 Å². The summed E-state index contributed by atoms with van der Waals surface area (Å²) in [7, 11) is -3.65. The summed E-state index contributed by atoms with van der Waals surface area (Å²) in [5.74, 6) is 0. The number of fused-ring (bicyclic) bond motifs is 1. The van der Waals surface area contributed by atoms with Gasteiger partial charge in [-0.25, -0.2) is 12.8 Å². The van der Waals surface area contributed by atoms with Gasteiger partial charge in [0.25, 0.3) is 10.0 Å². The first-order valence-electron chi connectivity index (χ1n) is 9.62. The van der Waals surface area contributed by atoms with Crippen LogP contribution in [0.3, 0.4) is 0 Å². The molecule has 0 radical (unpaired) electrons. The Morgan fingerprint density at radius 3 is 1.94 bits per heavy atom. The van der Waals surface area contributed by atoms with E-state index in [1.54, 1.807) is 30.3 Å². The first kappa shape index (κ1) is 28.8. The van der Waals surface area contributed by atoms with Gasteiger partial charge in [-0.2, -0.15) is 11.6 Å². The molecule has 2 aromatic carbocycles. The van der Waals surface area contributed by atoms with Crippen LogP contribution in [0.5, 0.6) is 0 Å². The third-order valence-electron chi connectivity index (χ3n) is 4.63. The number of hydrogen-bond donors (Lipinski definition) is 0. The molecule has 5 nitrogen and oxygen atoms in total. The number of sulfonamides is 1. The second-order valence-electron chi connectivity index (χ2n) is 6.54. The molecule has 0 unspecified atom stereocenters. The maximum absolute atomic E-state index is 12.1. The minimum atomic E-state index is -3.65. The summed E-state index contributed by atoms with van der Waals surface area (Å²) in [6, 6.07) is 16.2. The van der Waals surface area contributed by atoms with Crippen LogP contribution in [-0.4, -0.2) is 14.6 Å². The molecule has 2 aliphatic rings. The molecule has 0 amide bonds. The van der Waals surface area contributed by atoms with Crippen molar-refractivity contribution < 1.29 is 34.8 Å². The van der Waals surface area contributed by atoms with Gasteiger partial charge in [-0.3, -0.25) is 0 Å². The molecule has 0 spiro atoms. The molecule has 0 heterocycles. The Morgan fingerprint density at radius 1 is 0.839 bits per heavy atom. The van der Waals surface area contributed by atoms with Crippen LogP contribution >= 0.6 is 0 Å². The van der Waals surface area contributed by atoms with E-state index in [9.17, 15) is 8.42 Å². The van der Waals surface area contributed by atoms with E-state index in [1.165, 1.54) is 43.9 Å². The summed E-state index contributed by atoms with van der Waals surface area (Å²) in [5.41, 5.74) is 2.96. The number of nitrogens with zero attached hydrogens (tertiary/aromatic N) is 1. The first-order valence-corrected chi connectivity index (χ1v) is 11.1. The third-order valence-corrected chi connectivity index (χ3v) is 5.88. The maximum Gasteiger partial charge on any atom is 2.00 e. The van der Waals surface area contributed by atoms with Crippen molar-refractivity contribution in [1.82, 2.24) is 0 Å². The molecule has 2 aromatic rings.